The first kappa shape index (κ1) is 8.56. The summed E-state index contributed by atoms with van der Waals surface area (Å²) in [4.78, 5) is 4.13. The number of aliphatic hydroxyl groups is 1. The second-order valence-electron chi connectivity index (χ2n) is 2.27. The van der Waals surface area contributed by atoms with Gasteiger partial charge >= 0.3 is 0 Å². The number of nitrogens with zero attached hydrogens (tertiary/aromatic N) is 1. The van der Waals surface area contributed by atoms with Gasteiger partial charge in [-0.1, -0.05) is 0 Å². The van der Waals surface area contributed by atoms with Gasteiger partial charge in [-0.2, -0.15) is 0 Å². The lowest BCUT2D eigenvalue weighted by Crippen LogP contribution is -1.93. The fourth-order valence-corrected chi connectivity index (χ4v) is 1.57. The number of rotatable bonds is 2. The number of pyridine rings is 1. The van der Waals surface area contributed by atoms with Crippen LogP contribution in [0.4, 0.5) is 0 Å². The molecular weight excluding hydrogens is 158 g/mol. The van der Waals surface area contributed by atoms with Crippen molar-refractivity contribution >= 4 is 11.8 Å². The zero-order valence-electron chi connectivity index (χ0n) is 6.66. The van der Waals surface area contributed by atoms with E-state index in [2.05, 4.69) is 4.98 Å². The fourth-order valence-electron chi connectivity index (χ4n) is 0.932. The van der Waals surface area contributed by atoms with Crippen LogP contribution in [0.3, 0.4) is 0 Å². The van der Waals surface area contributed by atoms with Crippen molar-refractivity contribution < 1.29 is 5.11 Å². The average molecular weight is 169 g/mol. The van der Waals surface area contributed by atoms with Gasteiger partial charge < -0.3 is 5.11 Å². The Hall–Kier alpha value is -0.540. The highest BCUT2D eigenvalue weighted by Crippen LogP contribution is 2.19. The van der Waals surface area contributed by atoms with Crippen molar-refractivity contribution in [3.8, 4) is 0 Å². The maximum atomic E-state index is 8.98. The van der Waals surface area contributed by atoms with Gasteiger partial charge in [0.2, 0.25) is 0 Å². The molecule has 1 N–H and O–H groups in total. The lowest BCUT2D eigenvalue weighted by Gasteiger charge is -2.05. The summed E-state index contributed by atoms with van der Waals surface area (Å²) >= 11 is 1.56. The zero-order valence-corrected chi connectivity index (χ0v) is 7.48. The summed E-state index contributed by atoms with van der Waals surface area (Å²) in [5.41, 5.74) is 2.05. The molecule has 60 valence electrons. The normalized spacial score (nSPS) is 10.1. The van der Waals surface area contributed by atoms with E-state index in [9.17, 15) is 0 Å². The quantitative estimate of drug-likeness (QED) is 0.683. The van der Waals surface area contributed by atoms with E-state index < -0.39 is 0 Å². The van der Waals surface area contributed by atoms with E-state index >= 15 is 0 Å². The van der Waals surface area contributed by atoms with Crippen molar-refractivity contribution in [2.45, 2.75) is 18.6 Å². The molecule has 2 nitrogen and oxygen atoms in total. The largest absolute Gasteiger partial charge is 0.392 e. The maximum absolute atomic E-state index is 8.98. The van der Waals surface area contributed by atoms with E-state index in [4.69, 9.17) is 5.11 Å². The molecule has 0 bridgehead atoms. The second kappa shape index (κ2) is 3.74. The molecule has 0 radical (unpaired) electrons. The molecule has 0 saturated carbocycles. The van der Waals surface area contributed by atoms with Gasteiger partial charge in [-0.05, 0) is 24.8 Å². The Balaban J connectivity index is 3.13. The molecule has 1 rings (SSSR count). The third kappa shape index (κ3) is 1.73. The SMILES string of the molecule is CSc1nccc(C)c1CO. The van der Waals surface area contributed by atoms with Crippen LogP contribution in [0, 0.1) is 6.92 Å². The van der Waals surface area contributed by atoms with Gasteiger partial charge in [-0.3, -0.25) is 0 Å². The van der Waals surface area contributed by atoms with Gasteiger partial charge in [-0.15, -0.1) is 11.8 Å². The molecule has 0 aliphatic heterocycles. The van der Waals surface area contributed by atoms with Crippen molar-refractivity contribution in [2.24, 2.45) is 0 Å². The number of aryl methyl sites for hydroxylation is 1. The van der Waals surface area contributed by atoms with Crippen LogP contribution in [0.15, 0.2) is 17.3 Å². The van der Waals surface area contributed by atoms with Gasteiger partial charge in [0.05, 0.1) is 6.61 Å². The molecule has 0 spiro atoms. The Morgan fingerprint density at radius 1 is 1.64 bits per heavy atom. The summed E-state index contributed by atoms with van der Waals surface area (Å²) in [6.45, 7) is 2.06. The van der Waals surface area contributed by atoms with Gasteiger partial charge in [0.25, 0.3) is 0 Å². The van der Waals surface area contributed by atoms with E-state index in [0.717, 1.165) is 16.2 Å². The smallest absolute Gasteiger partial charge is 0.101 e. The number of aromatic nitrogens is 1. The number of aliphatic hydroxyl groups excluding tert-OH is 1. The van der Waals surface area contributed by atoms with Gasteiger partial charge in [0.15, 0.2) is 0 Å². The second-order valence-corrected chi connectivity index (χ2v) is 3.07. The van der Waals surface area contributed by atoms with E-state index in [0.29, 0.717) is 0 Å². The van der Waals surface area contributed by atoms with Crippen LogP contribution >= 0.6 is 11.8 Å². The standard InChI is InChI=1S/C8H11NOS/c1-6-3-4-9-8(11-2)7(6)5-10/h3-4,10H,5H2,1-2H3. The lowest BCUT2D eigenvalue weighted by atomic mass is 10.2. The van der Waals surface area contributed by atoms with E-state index in [-0.39, 0.29) is 6.61 Å². The first-order valence-corrected chi connectivity index (χ1v) is 4.61. The molecule has 11 heavy (non-hydrogen) atoms. The molecule has 1 heterocycles. The van der Waals surface area contributed by atoms with Gasteiger partial charge in [0.1, 0.15) is 5.03 Å². The molecule has 0 fully saturated rings. The number of hydrogen-bond acceptors (Lipinski definition) is 3. The van der Waals surface area contributed by atoms with Crippen molar-refractivity contribution in [3.63, 3.8) is 0 Å². The van der Waals surface area contributed by atoms with Crippen LogP contribution in [0.2, 0.25) is 0 Å². The molecule has 1 aromatic heterocycles. The minimum Gasteiger partial charge on any atom is -0.392 e. The Morgan fingerprint density at radius 2 is 2.36 bits per heavy atom. The van der Waals surface area contributed by atoms with Crippen LogP contribution in [0.25, 0.3) is 0 Å². The minimum absolute atomic E-state index is 0.0792. The van der Waals surface area contributed by atoms with E-state index in [1.165, 1.54) is 0 Å². The fraction of sp³-hybridized carbons (Fsp3) is 0.375. The summed E-state index contributed by atoms with van der Waals surface area (Å²) in [5, 5.41) is 9.90. The third-order valence-corrected chi connectivity index (χ3v) is 2.34. The predicted molar refractivity (Wildman–Crippen MR) is 46.7 cm³/mol. The van der Waals surface area contributed by atoms with Gasteiger partial charge in [0, 0.05) is 11.8 Å². The first-order valence-electron chi connectivity index (χ1n) is 3.39. The molecular formula is C8H11NOS. The summed E-state index contributed by atoms with van der Waals surface area (Å²) in [6, 6.07) is 1.91. The highest BCUT2D eigenvalue weighted by atomic mass is 32.2. The molecule has 0 saturated heterocycles. The predicted octanol–water partition coefficient (Wildman–Crippen LogP) is 1.60. The molecule has 0 aromatic carbocycles. The highest BCUT2D eigenvalue weighted by Gasteiger charge is 2.03. The van der Waals surface area contributed by atoms with E-state index in [1.807, 2.05) is 19.2 Å². The Morgan fingerprint density at radius 3 is 2.82 bits per heavy atom. The van der Waals surface area contributed by atoms with Crippen molar-refractivity contribution in [2.75, 3.05) is 6.26 Å². The lowest BCUT2D eigenvalue weighted by molar-refractivity contribution is 0.277. The van der Waals surface area contributed by atoms with E-state index in [1.54, 1.807) is 18.0 Å². The summed E-state index contributed by atoms with van der Waals surface area (Å²) in [5.74, 6) is 0. The molecule has 0 aliphatic carbocycles. The monoisotopic (exact) mass is 169 g/mol. The number of thioether (sulfide) groups is 1. The van der Waals surface area contributed by atoms with Crippen molar-refractivity contribution in [1.29, 1.82) is 0 Å². The zero-order chi connectivity index (χ0) is 8.27. The summed E-state index contributed by atoms with van der Waals surface area (Å²) in [6.07, 6.45) is 3.72. The van der Waals surface area contributed by atoms with Crippen LogP contribution in [-0.4, -0.2) is 16.3 Å². The summed E-state index contributed by atoms with van der Waals surface area (Å²) in [7, 11) is 0. The first-order chi connectivity index (χ1) is 5.29. The van der Waals surface area contributed by atoms with Crippen LogP contribution in [-0.2, 0) is 6.61 Å². The Labute approximate surface area is 70.7 Å². The summed E-state index contributed by atoms with van der Waals surface area (Å²) < 4.78 is 0. The van der Waals surface area contributed by atoms with Gasteiger partial charge in [-0.25, -0.2) is 4.98 Å². The molecule has 0 amide bonds. The molecule has 0 aliphatic rings. The third-order valence-electron chi connectivity index (χ3n) is 1.60. The van der Waals surface area contributed by atoms with Crippen molar-refractivity contribution in [3.05, 3.63) is 23.4 Å². The highest BCUT2D eigenvalue weighted by molar-refractivity contribution is 7.98. The minimum atomic E-state index is 0.0792. The molecule has 3 heteroatoms. The van der Waals surface area contributed by atoms with Crippen molar-refractivity contribution in [1.82, 2.24) is 4.98 Å². The molecule has 0 unspecified atom stereocenters. The molecule has 0 atom stereocenters. The van der Waals surface area contributed by atoms with Crippen LogP contribution in [0.1, 0.15) is 11.1 Å². The Bertz CT molecular complexity index is 250. The Kier molecular flexibility index (Phi) is 2.91. The topological polar surface area (TPSA) is 33.1 Å². The maximum Gasteiger partial charge on any atom is 0.101 e. The average Bonchev–Trinajstić information content (AvgIpc) is 2.04. The molecule has 1 aromatic rings. The van der Waals surface area contributed by atoms with Crippen LogP contribution < -0.4 is 0 Å². The van der Waals surface area contributed by atoms with Crippen LogP contribution in [0.5, 0.6) is 0 Å². The number of hydrogen-bond donors (Lipinski definition) is 1.